The van der Waals surface area contributed by atoms with Crippen LogP contribution in [0.1, 0.15) is 44.9 Å². The largest absolute Gasteiger partial charge is 0.481 e. The molecule has 1 aliphatic heterocycles. The van der Waals surface area contributed by atoms with Crippen molar-refractivity contribution in [3.05, 3.63) is 0 Å². The highest BCUT2D eigenvalue weighted by Gasteiger charge is 2.32. The van der Waals surface area contributed by atoms with Gasteiger partial charge in [-0.25, -0.2) is 4.79 Å². The van der Waals surface area contributed by atoms with E-state index in [1.165, 1.54) is 0 Å². The van der Waals surface area contributed by atoms with Crippen molar-refractivity contribution in [1.82, 2.24) is 21.3 Å². The maximum absolute atomic E-state index is 12.7. The average Bonchev–Trinajstić information content (AvgIpc) is 3.27. The van der Waals surface area contributed by atoms with Gasteiger partial charge < -0.3 is 42.3 Å². The van der Waals surface area contributed by atoms with Gasteiger partial charge in [0, 0.05) is 12.8 Å². The Kier molecular flexibility index (Phi) is 11.4. The highest BCUT2D eigenvalue weighted by molar-refractivity contribution is 5.96. The second-order valence-electron chi connectivity index (χ2n) is 7.71. The standard InChI is InChI=1S/C19H29N5O10/c20-13(25)5-3-11(19(33)34)23-17(31)10(4-6-14(26)27)22-18(32)12(8-15(28)29)24-16(30)9-2-1-7-21-9/h9-12,21H,1-8H2,(H2,20,25)(H,22,32)(H,23,31)(H,24,30)(H,26,27)(H,28,29)(H,33,34). The minimum absolute atomic E-state index is 0.345. The number of carbonyl (C=O) groups excluding carboxylic acids is 4. The van der Waals surface area contributed by atoms with Gasteiger partial charge >= 0.3 is 17.9 Å². The molecule has 4 unspecified atom stereocenters. The van der Waals surface area contributed by atoms with E-state index in [-0.39, 0.29) is 12.8 Å². The SMILES string of the molecule is NC(=O)CCC(NC(=O)C(CCC(=O)O)NC(=O)C(CC(=O)O)NC(=O)C1CCCN1)C(=O)O. The van der Waals surface area contributed by atoms with Crippen molar-refractivity contribution < 1.29 is 48.9 Å². The van der Waals surface area contributed by atoms with E-state index >= 15 is 0 Å². The summed E-state index contributed by atoms with van der Waals surface area (Å²) in [6, 6.07) is -5.29. The second-order valence-corrected chi connectivity index (χ2v) is 7.71. The first-order chi connectivity index (χ1) is 15.9. The minimum atomic E-state index is -1.57. The molecule has 1 fully saturated rings. The van der Waals surface area contributed by atoms with Gasteiger partial charge in [-0.1, -0.05) is 0 Å². The van der Waals surface area contributed by atoms with Crippen molar-refractivity contribution in [2.45, 2.75) is 69.1 Å². The molecule has 1 rings (SSSR count). The van der Waals surface area contributed by atoms with Gasteiger partial charge in [0.2, 0.25) is 23.6 Å². The van der Waals surface area contributed by atoms with Crippen LogP contribution in [-0.4, -0.2) is 87.6 Å². The Morgan fingerprint density at radius 1 is 0.824 bits per heavy atom. The molecule has 1 heterocycles. The molecule has 1 aliphatic rings. The van der Waals surface area contributed by atoms with E-state index in [4.69, 9.17) is 15.9 Å². The topological polar surface area (TPSA) is 254 Å². The normalized spacial score (nSPS) is 17.6. The number of carboxylic acid groups (broad SMARTS) is 3. The summed E-state index contributed by atoms with van der Waals surface area (Å²) >= 11 is 0. The monoisotopic (exact) mass is 487 g/mol. The van der Waals surface area contributed by atoms with Gasteiger partial charge in [0.15, 0.2) is 0 Å². The third kappa shape index (κ3) is 10.2. The Labute approximate surface area is 193 Å². The molecule has 15 nitrogen and oxygen atoms in total. The molecule has 34 heavy (non-hydrogen) atoms. The molecule has 1 saturated heterocycles. The van der Waals surface area contributed by atoms with E-state index < -0.39 is 85.0 Å². The summed E-state index contributed by atoms with van der Waals surface area (Å²) < 4.78 is 0. The Bertz CT molecular complexity index is 811. The fourth-order valence-electron chi connectivity index (χ4n) is 3.19. The van der Waals surface area contributed by atoms with Gasteiger partial charge in [-0.15, -0.1) is 0 Å². The summed E-state index contributed by atoms with van der Waals surface area (Å²) in [5, 5.41) is 36.8. The number of amides is 4. The van der Waals surface area contributed by atoms with Crippen LogP contribution in [0.3, 0.4) is 0 Å². The summed E-state index contributed by atoms with van der Waals surface area (Å²) in [4.78, 5) is 82.1. The quantitative estimate of drug-likeness (QED) is 0.115. The van der Waals surface area contributed by atoms with Crippen LogP contribution in [0.5, 0.6) is 0 Å². The Morgan fingerprint density at radius 3 is 1.91 bits per heavy atom. The number of hydrogen-bond donors (Lipinski definition) is 8. The van der Waals surface area contributed by atoms with Crippen LogP contribution >= 0.6 is 0 Å². The van der Waals surface area contributed by atoms with E-state index in [1.54, 1.807) is 0 Å². The summed E-state index contributed by atoms with van der Waals surface area (Å²) in [5.41, 5.74) is 4.98. The predicted molar refractivity (Wildman–Crippen MR) is 112 cm³/mol. The number of nitrogens with two attached hydrogens (primary N) is 1. The van der Waals surface area contributed by atoms with E-state index in [0.717, 1.165) is 0 Å². The maximum atomic E-state index is 12.7. The number of primary amides is 1. The third-order valence-corrected chi connectivity index (χ3v) is 4.96. The van der Waals surface area contributed by atoms with Crippen LogP contribution < -0.4 is 27.0 Å². The fourth-order valence-corrected chi connectivity index (χ4v) is 3.19. The van der Waals surface area contributed by atoms with Crippen LogP contribution in [0.25, 0.3) is 0 Å². The molecule has 0 aromatic carbocycles. The van der Waals surface area contributed by atoms with E-state index in [0.29, 0.717) is 19.4 Å². The van der Waals surface area contributed by atoms with Crippen LogP contribution in [-0.2, 0) is 33.6 Å². The first-order valence-corrected chi connectivity index (χ1v) is 10.5. The highest BCUT2D eigenvalue weighted by atomic mass is 16.4. The highest BCUT2D eigenvalue weighted by Crippen LogP contribution is 2.07. The molecule has 190 valence electrons. The lowest BCUT2D eigenvalue weighted by Gasteiger charge is -2.24. The fraction of sp³-hybridized carbons (Fsp3) is 0.632. The van der Waals surface area contributed by atoms with Crippen molar-refractivity contribution in [2.24, 2.45) is 5.73 Å². The number of carboxylic acids is 3. The molecule has 0 spiro atoms. The summed E-state index contributed by atoms with van der Waals surface area (Å²) in [7, 11) is 0. The Morgan fingerprint density at radius 2 is 1.41 bits per heavy atom. The molecule has 0 saturated carbocycles. The molecular formula is C19H29N5O10. The molecule has 0 aliphatic carbocycles. The number of rotatable bonds is 15. The predicted octanol–water partition coefficient (Wildman–Crippen LogP) is -3.12. The zero-order chi connectivity index (χ0) is 25.8. The number of hydrogen-bond acceptors (Lipinski definition) is 8. The first-order valence-electron chi connectivity index (χ1n) is 10.5. The number of nitrogens with one attached hydrogen (secondary N) is 4. The van der Waals surface area contributed by atoms with E-state index in [2.05, 4.69) is 21.3 Å². The van der Waals surface area contributed by atoms with Crippen LogP contribution in [0.2, 0.25) is 0 Å². The lowest BCUT2D eigenvalue weighted by atomic mass is 10.1. The van der Waals surface area contributed by atoms with Crippen molar-refractivity contribution in [3.63, 3.8) is 0 Å². The minimum Gasteiger partial charge on any atom is -0.481 e. The summed E-state index contributed by atoms with van der Waals surface area (Å²) in [6.07, 6.45) is -1.35. The second kappa shape index (κ2) is 13.7. The van der Waals surface area contributed by atoms with Gasteiger partial charge in [-0.2, -0.15) is 0 Å². The maximum Gasteiger partial charge on any atom is 0.326 e. The average molecular weight is 487 g/mol. The molecule has 0 aromatic rings. The number of aliphatic carboxylic acids is 3. The lowest BCUT2D eigenvalue weighted by Crippen LogP contribution is -2.57. The molecule has 0 bridgehead atoms. The smallest absolute Gasteiger partial charge is 0.326 e. The molecule has 4 amide bonds. The van der Waals surface area contributed by atoms with Gasteiger partial charge in [0.25, 0.3) is 0 Å². The third-order valence-electron chi connectivity index (χ3n) is 4.96. The first kappa shape index (κ1) is 28.3. The molecule has 15 heteroatoms. The molecule has 9 N–H and O–H groups in total. The lowest BCUT2D eigenvalue weighted by molar-refractivity contribution is -0.144. The van der Waals surface area contributed by atoms with E-state index in [9.17, 15) is 38.7 Å². The van der Waals surface area contributed by atoms with Crippen LogP contribution in [0.4, 0.5) is 0 Å². The molecular weight excluding hydrogens is 458 g/mol. The van der Waals surface area contributed by atoms with E-state index in [1.807, 2.05) is 0 Å². The van der Waals surface area contributed by atoms with Gasteiger partial charge in [0.1, 0.15) is 18.1 Å². The van der Waals surface area contributed by atoms with Crippen LogP contribution in [0.15, 0.2) is 0 Å². The zero-order valence-electron chi connectivity index (χ0n) is 18.2. The van der Waals surface area contributed by atoms with Crippen molar-refractivity contribution in [2.75, 3.05) is 6.54 Å². The Hall–Kier alpha value is -3.75. The zero-order valence-corrected chi connectivity index (χ0v) is 18.2. The summed E-state index contributed by atoms with van der Waals surface area (Å²) in [5.74, 6) is -7.75. The van der Waals surface area contributed by atoms with Crippen LogP contribution in [0, 0.1) is 0 Å². The molecule has 0 aromatic heterocycles. The van der Waals surface area contributed by atoms with Gasteiger partial charge in [-0.3, -0.25) is 28.8 Å². The Balaban J connectivity index is 2.95. The molecule has 0 radical (unpaired) electrons. The van der Waals surface area contributed by atoms with Crippen molar-refractivity contribution in [1.29, 1.82) is 0 Å². The van der Waals surface area contributed by atoms with Gasteiger partial charge in [-0.05, 0) is 32.2 Å². The van der Waals surface area contributed by atoms with Crippen molar-refractivity contribution in [3.8, 4) is 0 Å². The van der Waals surface area contributed by atoms with Crippen molar-refractivity contribution >= 4 is 41.5 Å². The number of carbonyl (C=O) groups is 7. The molecule has 4 atom stereocenters. The van der Waals surface area contributed by atoms with Gasteiger partial charge in [0.05, 0.1) is 12.5 Å². The summed E-state index contributed by atoms with van der Waals surface area (Å²) in [6.45, 7) is 0.575.